The van der Waals surface area contributed by atoms with E-state index in [9.17, 15) is 9.59 Å². The van der Waals surface area contributed by atoms with Gasteiger partial charge < -0.3 is 10.2 Å². The molecule has 4 nitrogen and oxygen atoms in total. The van der Waals surface area contributed by atoms with Gasteiger partial charge in [-0.1, -0.05) is 194 Å². The molecular weight excluding hydrogens is 746 g/mol. The molecule has 0 saturated heterocycles. The van der Waals surface area contributed by atoms with E-state index in [1.807, 2.05) is 0 Å². The molecule has 0 aliphatic rings. The Bertz CT molecular complexity index is 461. The van der Waals surface area contributed by atoms with Gasteiger partial charge in [-0.15, -0.1) is 0 Å². The second-order valence-corrected chi connectivity index (χ2v) is 12.2. The maximum Gasteiger partial charge on any atom is 0 e. The summed E-state index contributed by atoms with van der Waals surface area (Å²) in [7, 11) is 0. The first-order valence-corrected chi connectivity index (χ1v) is 18.0. The predicted molar refractivity (Wildman–Crippen MR) is 183 cm³/mol. The van der Waals surface area contributed by atoms with Crippen molar-refractivity contribution in [2.45, 2.75) is 219 Å². The maximum atomic E-state index is 10.3. The van der Waals surface area contributed by atoms with E-state index in [0.717, 1.165) is 25.7 Å². The van der Waals surface area contributed by atoms with Crippen molar-refractivity contribution in [3.63, 3.8) is 0 Å². The van der Waals surface area contributed by atoms with Crippen LogP contribution in [0.2, 0.25) is 0 Å². The summed E-state index contributed by atoms with van der Waals surface area (Å²) in [5.41, 5.74) is 0. The summed E-state index contributed by atoms with van der Waals surface area (Å²) in [6, 6.07) is 0. The smallest absolute Gasteiger partial charge is 0 e. The molecule has 0 saturated carbocycles. The van der Waals surface area contributed by atoms with E-state index in [1.54, 1.807) is 0 Å². The molecule has 0 bridgehead atoms. The summed E-state index contributed by atoms with van der Waals surface area (Å²) in [6.45, 7) is 4.54. The van der Waals surface area contributed by atoms with E-state index >= 15 is 0 Å². The quantitative estimate of drug-likeness (QED) is 0.0524. The van der Waals surface area contributed by atoms with Crippen molar-refractivity contribution in [3.8, 4) is 0 Å². The fourth-order valence-corrected chi connectivity index (χ4v) is 5.30. The van der Waals surface area contributed by atoms with Crippen LogP contribution in [0.3, 0.4) is 0 Å². The SMILES string of the molecule is CCCCCCCCCCCCCCCCCC(=O)O.CCCCCCCCCCCCCCCCCC(=O)O.[BaH2].[Cd]. The summed E-state index contributed by atoms with van der Waals surface area (Å²) in [6.07, 6.45) is 40.4. The number of carboxylic acid groups (broad SMARTS) is 2. The maximum absolute atomic E-state index is 10.3. The number of carbonyl (C=O) groups is 2. The van der Waals surface area contributed by atoms with Gasteiger partial charge in [0.25, 0.3) is 0 Å². The van der Waals surface area contributed by atoms with E-state index < -0.39 is 11.9 Å². The fourth-order valence-electron chi connectivity index (χ4n) is 5.30. The van der Waals surface area contributed by atoms with Crippen molar-refractivity contribution in [1.82, 2.24) is 0 Å². The second kappa shape index (κ2) is 46.8. The Morgan fingerprint density at radius 1 is 0.333 bits per heavy atom. The molecule has 0 unspecified atom stereocenters. The number of rotatable bonds is 32. The molecule has 0 radical (unpaired) electrons. The minimum Gasteiger partial charge on any atom is 0 e. The van der Waals surface area contributed by atoms with Crippen LogP contribution >= 0.6 is 0 Å². The number of hydrogen-bond acceptors (Lipinski definition) is 2. The van der Waals surface area contributed by atoms with Crippen molar-refractivity contribution in [2.24, 2.45) is 0 Å². The van der Waals surface area contributed by atoms with Gasteiger partial charge in [0.2, 0.25) is 0 Å². The van der Waals surface area contributed by atoms with Crippen LogP contribution in [0.5, 0.6) is 0 Å². The van der Waals surface area contributed by atoms with E-state index in [1.165, 1.54) is 167 Å². The molecule has 42 heavy (non-hydrogen) atoms. The number of aliphatic carboxylic acids is 2. The first-order chi connectivity index (χ1) is 19.5. The Morgan fingerprint density at radius 2 is 0.476 bits per heavy atom. The molecule has 0 fully saturated rings. The Balaban J connectivity index is -0.000000328. The molecule has 2 N–H and O–H groups in total. The Hall–Kier alpha value is 1.43. The van der Waals surface area contributed by atoms with Gasteiger partial charge in [-0.25, -0.2) is 0 Å². The van der Waals surface area contributed by atoms with Gasteiger partial charge in [0.15, 0.2) is 0 Å². The Morgan fingerprint density at radius 3 is 0.619 bits per heavy atom. The summed E-state index contributed by atoms with van der Waals surface area (Å²) in [5.74, 6) is -1.31. The molecule has 0 aliphatic carbocycles. The first-order valence-electron chi connectivity index (χ1n) is 18.0. The molecule has 246 valence electrons. The summed E-state index contributed by atoms with van der Waals surface area (Å²) in [5, 5.41) is 17.0. The molecule has 0 rings (SSSR count). The van der Waals surface area contributed by atoms with Gasteiger partial charge in [0.1, 0.15) is 0 Å². The molecule has 0 aromatic carbocycles. The van der Waals surface area contributed by atoms with Crippen molar-refractivity contribution in [2.75, 3.05) is 0 Å². The topological polar surface area (TPSA) is 74.6 Å². The van der Waals surface area contributed by atoms with Gasteiger partial charge in [-0.3, -0.25) is 9.59 Å². The average Bonchev–Trinajstić information content (AvgIpc) is 2.93. The molecule has 0 aromatic rings. The largest absolute Gasteiger partial charge is 0 e. The third kappa shape index (κ3) is 54.0. The predicted octanol–water partition coefficient (Wildman–Crippen LogP) is 11.7. The third-order valence-corrected chi connectivity index (χ3v) is 7.99. The minimum absolute atomic E-state index is 0. The van der Waals surface area contributed by atoms with Gasteiger partial charge in [0.05, 0.1) is 0 Å². The zero-order valence-electron chi connectivity index (χ0n) is 28.0. The van der Waals surface area contributed by atoms with Crippen LogP contribution in [0.25, 0.3) is 0 Å². The summed E-state index contributed by atoms with van der Waals surface area (Å²) < 4.78 is 0. The summed E-state index contributed by atoms with van der Waals surface area (Å²) >= 11 is 0. The average molecular weight is 821 g/mol. The van der Waals surface area contributed by atoms with Gasteiger partial charge >= 0.3 is 60.8 Å². The monoisotopic (exact) mass is 822 g/mol. The number of carboxylic acids is 2. The van der Waals surface area contributed by atoms with E-state index in [0.29, 0.717) is 12.8 Å². The third-order valence-electron chi connectivity index (χ3n) is 7.99. The molecular formula is C36H74BaCdO4. The van der Waals surface area contributed by atoms with Crippen molar-refractivity contribution < 1.29 is 47.1 Å². The number of hydrogen-bond donors (Lipinski definition) is 2. The van der Waals surface area contributed by atoms with Crippen LogP contribution in [0.15, 0.2) is 0 Å². The van der Waals surface area contributed by atoms with Gasteiger partial charge in [0, 0.05) is 40.1 Å². The molecule has 0 heterocycles. The first kappa shape index (κ1) is 50.3. The van der Waals surface area contributed by atoms with E-state index in [-0.39, 0.29) is 76.2 Å². The van der Waals surface area contributed by atoms with Crippen LogP contribution in [0, 0.1) is 0 Å². The van der Waals surface area contributed by atoms with Gasteiger partial charge in [-0.05, 0) is 12.8 Å². The minimum atomic E-state index is -0.653. The molecule has 0 spiro atoms. The van der Waals surface area contributed by atoms with E-state index in [2.05, 4.69) is 13.8 Å². The zero-order chi connectivity index (χ0) is 29.8. The molecule has 0 amide bonds. The molecule has 0 aromatic heterocycles. The van der Waals surface area contributed by atoms with E-state index in [4.69, 9.17) is 10.2 Å². The Labute approximate surface area is 323 Å². The normalized spacial score (nSPS) is 10.3. The van der Waals surface area contributed by atoms with Crippen LogP contribution < -0.4 is 0 Å². The van der Waals surface area contributed by atoms with Gasteiger partial charge in [-0.2, -0.15) is 0 Å². The fraction of sp³-hybridized carbons (Fsp3) is 0.944. The molecule has 0 atom stereocenters. The van der Waals surface area contributed by atoms with Crippen LogP contribution in [0.1, 0.15) is 219 Å². The van der Waals surface area contributed by atoms with Crippen molar-refractivity contribution >= 4 is 60.8 Å². The standard InChI is InChI=1S/2C18H36O2.Ba.Cd.2H/c2*1-2-3-4-5-6-7-8-9-10-11-12-13-14-15-16-17-18(19)20;;;;/h2*2-17H2,1H3,(H,19,20);;;;. The van der Waals surface area contributed by atoms with Crippen LogP contribution in [-0.4, -0.2) is 71.0 Å². The molecule has 6 heteroatoms. The van der Waals surface area contributed by atoms with Crippen LogP contribution in [-0.2, 0) is 36.9 Å². The number of unbranched alkanes of at least 4 members (excludes halogenated alkanes) is 28. The Kier molecular flexibility index (Phi) is 56.1. The second-order valence-electron chi connectivity index (χ2n) is 12.2. The summed E-state index contributed by atoms with van der Waals surface area (Å²) in [4.78, 5) is 20.7. The van der Waals surface area contributed by atoms with Crippen molar-refractivity contribution in [1.29, 1.82) is 0 Å². The van der Waals surface area contributed by atoms with Crippen molar-refractivity contribution in [3.05, 3.63) is 0 Å². The zero-order valence-corrected chi connectivity index (χ0v) is 32.1. The molecule has 0 aliphatic heterocycles. The van der Waals surface area contributed by atoms with Crippen LogP contribution in [0.4, 0.5) is 0 Å².